The van der Waals surface area contributed by atoms with Crippen LogP contribution in [0, 0.1) is 64.1 Å². The van der Waals surface area contributed by atoms with Crippen molar-refractivity contribution in [1.29, 1.82) is 0 Å². The Labute approximate surface area is 306 Å². The van der Waals surface area contributed by atoms with Crippen LogP contribution < -0.4 is 0 Å². The van der Waals surface area contributed by atoms with Crippen LogP contribution in [-0.2, 0) is 6.42 Å². The fraction of sp³-hybridized carbons (Fsp3) is 0.702. The summed E-state index contributed by atoms with van der Waals surface area (Å²) in [5.74, 6) is 5.20. The summed E-state index contributed by atoms with van der Waals surface area (Å²) >= 11 is 0. The third-order valence-corrected chi connectivity index (χ3v) is 17.8. The van der Waals surface area contributed by atoms with Gasteiger partial charge in [0, 0.05) is 19.1 Å². The van der Waals surface area contributed by atoms with Crippen molar-refractivity contribution in [2.24, 2.45) is 64.1 Å². The molecule has 2 saturated heterocycles. The minimum absolute atomic E-state index is 0.00178. The molecule has 51 heavy (non-hydrogen) atoms. The lowest BCUT2D eigenvalue weighted by atomic mass is 9.46. The molecule has 0 aromatic heterocycles. The van der Waals surface area contributed by atoms with Gasteiger partial charge in [-0.15, -0.1) is 0 Å². The van der Waals surface area contributed by atoms with Crippen LogP contribution in [0.4, 0.5) is 0 Å². The van der Waals surface area contributed by atoms with Crippen LogP contribution >= 0.6 is 0 Å². The van der Waals surface area contributed by atoms with Crippen LogP contribution in [-0.4, -0.2) is 57.2 Å². The zero-order valence-corrected chi connectivity index (χ0v) is 31.5. The topological polar surface area (TPSA) is 63.9 Å². The van der Waals surface area contributed by atoms with Gasteiger partial charge in [-0.05, 0) is 194 Å². The molecule has 7 aliphatic rings. The zero-order chi connectivity index (χ0) is 34.9. The summed E-state index contributed by atoms with van der Waals surface area (Å²) in [5, 5.41) is 41.3. The quantitative estimate of drug-likeness (QED) is 0.240. The van der Waals surface area contributed by atoms with E-state index in [2.05, 4.69) is 80.3 Å². The van der Waals surface area contributed by atoms with Crippen molar-refractivity contribution in [2.45, 2.75) is 128 Å². The average Bonchev–Trinajstić information content (AvgIpc) is 3.70. The Morgan fingerprint density at radius 3 is 2.33 bits per heavy atom. The Morgan fingerprint density at radius 2 is 1.51 bits per heavy atom. The standard InChI is InChI=1S/C47H63NO3/c1-28-8-15-43-46(3,51)39-14-13-35-36(38(39)26-48(43)25-28)21-40-37(35)22-42(49)41-23-44(50)47(27-45(40,41)2)17-16-30(24-47)10-9-29-11-12-33-19-31-6-4-5-7-32(31)20-34(33)18-29/h4-7,11-12,18-20,28,30,35-44,49-51H,8-10,13-17,21-27H2,1-3H3/t28-,30+,35+,36+,37+,38+,39-,40-,41+,42+,43-,44-,45-,46+,47-/m1/s1. The monoisotopic (exact) mass is 689 g/mol. The van der Waals surface area contributed by atoms with E-state index < -0.39 is 5.60 Å². The molecule has 4 heteroatoms. The number of benzene rings is 3. The van der Waals surface area contributed by atoms with Gasteiger partial charge in [0.15, 0.2) is 0 Å². The highest BCUT2D eigenvalue weighted by atomic mass is 16.3. The Kier molecular flexibility index (Phi) is 7.91. The molecule has 0 unspecified atom stereocenters. The van der Waals surface area contributed by atoms with Crippen LogP contribution in [0.5, 0.6) is 0 Å². The van der Waals surface area contributed by atoms with Gasteiger partial charge in [0.25, 0.3) is 0 Å². The van der Waals surface area contributed by atoms with Crippen LogP contribution in [0.1, 0.15) is 103 Å². The second kappa shape index (κ2) is 12.0. The Hall–Kier alpha value is -1.98. The molecule has 5 saturated carbocycles. The zero-order valence-electron chi connectivity index (χ0n) is 31.5. The molecule has 2 heterocycles. The number of aryl methyl sites for hydroxylation is 1. The predicted octanol–water partition coefficient (Wildman–Crippen LogP) is 9.01. The summed E-state index contributed by atoms with van der Waals surface area (Å²) in [7, 11) is 0. The minimum atomic E-state index is -0.590. The Balaban J connectivity index is 0.868. The summed E-state index contributed by atoms with van der Waals surface area (Å²) in [6, 6.07) is 20.7. The van der Waals surface area contributed by atoms with Crippen LogP contribution in [0.3, 0.4) is 0 Å². The van der Waals surface area contributed by atoms with E-state index in [9.17, 15) is 15.3 Å². The third-order valence-electron chi connectivity index (χ3n) is 17.8. The molecular formula is C47H63NO3. The average molecular weight is 690 g/mol. The van der Waals surface area contributed by atoms with E-state index in [1.54, 1.807) is 0 Å². The third kappa shape index (κ3) is 5.19. The lowest BCUT2D eigenvalue weighted by Gasteiger charge is -2.60. The Bertz CT molecular complexity index is 1800. The molecule has 7 fully saturated rings. The molecular weight excluding hydrogens is 627 g/mol. The van der Waals surface area contributed by atoms with Gasteiger partial charge < -0.3 is 15.3 Å². The minimum Gasteiger partial charge on any atom is -0.393 e. The summed E-state index contributed by atoms with van der Waals surface area (Å²) in [5.41, 5.74) is 0.936. The molecule has 0 amide bonds. The highest BCUT2D eigenvalue weighted by molar-refractivity contribution is 5.98. The molecule has 3 aromatic rings. The lowest BCUT2D eigenvalue weighted by Crippen LogP contribution is -2.67. The van der Waals surface area contributed by atoms with Crippen molar-refractivity contribution in [2.75, 3.05) is 13.1 Å². The van der Waals surface area contributed by atoms with E-state index >= 15 is 0 Å². The number of piperidine rings is 2. The maximum atomic E-state index is 12.2. The first-order valence-corrected chi connectivity index (χ1v) is 21.3. The Morgan fingerprint density at radius 1 is 0.725 bits per heavy atom. The number of nitrogens with zero attached hydrogens (tertiary/aromatic N) is 1. The van der Waals surface area contributed by atoms with Crippen molar-refractivity contribution in [1.82, 2.24) is 4.90 Å². The molecule has 5 aliphatic carbocycles. The fourth-order valence-corrected chi connectivity index (χ4v) is 15.5. The number of fused-ring (bicyclic) bond motifs is 10. The van der Waals surface area contributed by atoms with Crippen LogP contribution in [0.2, 0.25) is 0 Å². The first kappa shape index (κ1) is 33.6. The van der Waals surface area contributed by atoms with E-state index in [1.807, 2.05) is 0 Å². The van der Waals surface area contributed by atoms with E-state index in [0.29, 0.717) is 47.5 Å². The molecule has 0 bridgehead atoms. The van der Waals surface area contributed by atoms with Gasteiger partial charge in [0.1, 0.15) is 0 Å². The number of hydrogen-bond donors (Lipinski definition) is 3. The number of aliphatic hydroxyl groups excluding tert-OH is 2. The highest BCUT2D eigenvalue weighted by Crippen LogP contribution is 2.70. The largest absolute Gasteiger partial charge is 0.393 e. The smallest absolute Gasteiger partial charge is 0.0805 e. The molecule has 2 aliphatic heterocycles. The van der Waals surface area contributed by atoms with Crippen LogP contribution in [0.15, 0.2) is 54.6 Å². The molecule has 4 nitrogen and oxygen atoms in total. The molecule has 10 rings (SSSR count). The second-order valence-corrected chi connectivity index (χ2v) is 20.3. The molecule has 0 radical (unpaired) electrons. The summed E-state index contributed by atoms with van der Waals surface area (Å²) in [6.45, 7) is 9.50. The molecule has 1 spiro atoms. The van der Waals surface area contributed by atoms with E-state index in [4.69, 9.17) is 0 Å². The van der Waals surface area contributed by atoms with Crippen molar-refractivity contribution < 1.29 is 15.3 Å². The summed E-state index contributed by atoms with van der Waals surface area (Å²) in [6.07, 6.45) is 14.2. The molecule has 3 N–H and O–H groups in total. The van der Waals surface area contributed by atoms with Crippen LogP contribution in [0.25, 0.3) is 21.5 Å². The first-order chi connectivity index (χ1) is 24.5. The van der Waals surface area contributed by atoms with Crippen molar-refractivity contribution in [3.05, 3.63) is 60.2 Å². The number of aliphatic hydroxyl groups is 3. The summed E-state index contributed by atoms with van der Waals surface area (Å²) < 4.78 is 0. The van der Waals surface area contributed by atoms with Gasteiger partial charge in [-0.3, -0.25) is 4.90 Å². The second-order valence-electron chi connectivity index (χ2n) is 20.3. The van der Waals surface area contributed by atoms with E-state index in [0.717, 1.165) is 63.8 Å². The fourth-order valence-electron chi connectivity index (χ4n) is 15.5. The summed E-state index contributed by atoms with van der Waals surface area (Å²) in [4.78, 5) is 2.71. The van der Waals surface area contributed by atoms with Gasteiger partial charge >= 0.3 is 0 Å². The van der Waals surface area contributed by atoms with Gasteiger partial charge in [-0.1, -0.05) is 56.3 Å². The SMILES string of the molecule is C[C@@H]1CC[C@H]2N(C1)C[C@H]1[C@H]3C[C@@H]4[C@@H](C[C@H](O)[C@@H]5C[C@@H](O)[C@@]6(CC[C@H](CCc7ccc8cc9ccccc9cc8c7)C6)C[C@]45C)[C@H]3CC[C@H]1[C@]2(C)O. The maximum absolute atomic E-state index is 12.2. The van der Waals surface area contributed by atoms with Gasteiger partial charge in [-0.25, -0.2) is 0 Å². The predicted molar refractivity (Wildman–Crippen MR) is 206 cm³/mol. The van der Waals surface area contributed by atoms with Gasteiger partial charge in [0.2, 0.25) is 0 Å². The van der Waals surface area contributed by atoms with Gasteiger partial charge in [0.05, 0.1) is 17.8 Å². The normalized spacial score (nSPS) is 47.9. The van der Waals surface area contributed by atoms with Crippen molar-refractivity contribution in [3.8, 4) is 0 Å². The molecule has 3 aromatic carbocycles. The first-order valence-electron chi connectivity index (χ1n) is 21.3. The van der Waals surface area contributed by atoms with E-state index in [1.165, 1.54) is 65.8 Å². The maximum Gasteiger partial charge on any atom is 0.0805 e. The molecule has 15 atom stereocenters. The number of rotatable bonds is 3. The van der Waals surface area contributed by atoms with Crippen molar-refractivity contribution in [3.63, 3.8) is 0 Å². The lowest BCUT2D eigenvalue weighted by molar-refractivity contribution is -0.180. The molecule has 274 valence electrons. The van der Waals surface area contributed by atoms with E-state index in [-0.39, 0.29) is 29.0 Å². The van der Waals surface area contributed by atoms with Crippen molar-refractivity contribution >= 4 is 21.5 Å². The highest BCUT2D eigenvalue weighted by Gasteiger charge is 2.67. The van der Waals surface area contributed by atoms with Gasteiger partial charge in [-0.2, -0.15) is 0 Å². The number of hydrogen-bond acceptors (Lipinski definition) is 4.